The van der Waals surface area contributed by atoms with E-state index in [-0.39, 0.29) is 16.8 Å². The lowest BCUT2D eigenvalue weighted by atomic mass is 9.97. The quantitative estimate of drug-likeness (QED) is 0.672. The van der Waals surface area contributed by atoms with Crippen molar-refractivity contribution in [2.24, 2.45) is 0 Å². The Kier molecular flexibility index (Phi) is 6.00. The van der Waals surface area contributed by atoms with Crippen molar-refractivity contribution in [1.29, 1.82) is 5.26 Å². The van der Waals surface area contributed by atoms with Gasteiger partial charge in [-0.15, -0.1) is 10.2 Å². The van der Waals surface area contributed by atoms with E-state index in [1.54, 1.807) is 35.2 Å². The van der Waals surface area contributed by atoms with Crippen LogP contribution in [0.2, 0.25) is 0 Å². The molecule has 0 radical (unpaired) electrons. The molecule has 156 valence electrons. The molecule has 31 heavy (non-hydrogen) atoms. The molecule has 1 aliphatic rings. The average molecular weight is 435 g/mol. The number of likely N-dealkylation sites (tertiary alicyclic amines) is 1. The molecule has 1 aromatic heterocycles. The summed E-state index contributed by atoms with van der Waals surface area (Å²) < 4.78 is 13.3. The van der Waals surface area contributed by atoms with Crippen LogP contribution < -0.4 is 5.32 Å². The fourth-order valence-corrected chi connectivity index (χ4v) is 4.35. The van der Waals surface area contributed by atoms with Crippen molar-refractivity contribution in [3.05, 3.63) is 75.5 Å². The third-order valence-electron chi connectivity index (χ3n) is 5.11. The monoisotopic (exact) mass is 435 g/mol. The molecule has 1 aliphatic heterocycles. The summed E-state index contributed by atoms with van der Waals surface area (Å²) in [7, 11) is 0. The number of hydrogen-bond donors (Lipinski definition) is 1. The zero-order valence-electron chi connectivity index (χ0n) is 16.4. The number of hydrogen-bond acceptors (Lipinski definition) is 6. The van der Waals surface area contributed by atoms with Gasteiger partial charge in [0.25, 0.3) is 11.8 Å². The molecule has 0 spiro atoms. The fraction of sp³-hybridized carbons (Fsp3) is 0.227. The van der Waals surface area contributed by atoms with Crippen LogP contribution in [0.5, 0.6) is 0 Å². The minimum atomic E-state index is -0.432. The van der Waals surface area contributed by atoms with Gasteiger partial charge in [-0.2, -0.15) is 5.26 Å². The smallest absolute Gasteiger partial charge is 0.286 e. The lowest BCUT2D eigenvalue weighted by Crippen LogP contribution is -2.37. The minimum Gasteiger partial charge on any atom is -0.339 e. The van der Waals surface area contributed by atoms with Crippen LogP contribution in [0.3, 0.4) is 0 Å². The van der Waals surface area contributed by atoms with E-state index in [4.69, 9.17) is 5.26 Å². The molecule has 9 heteroatoms. The SMILES string of the molecule is N#Cc1ccc(C(=O)N2CCC(c3nnc(C(=O)Nc4cccc(F)c4)s3)CC2)cc1. The molecule has 2 aromatic carbocycles. The summed E-state index contributed by atoms with van der Waals surface area (Å²) in [4.78, 5) is 26.8. The maximum Gasteiger partial charge on any atom is 0.286 e. The minimum absolute atomic E-state index is 0.0598. The van der Waals surface area contributed by atoms with Crippen LogP contribution in [-0.4, -0.2) is 40.0 Å². The van der Waals surface area contributed by atoms with Gasteiger partial charge < -0.3 is 10.2 Å². The average Bonchev–Trinajstić information content (AvgIpc) is 3.29. The van der Waals surface area contributed by atoms with Crippen LogP contribution in [0, 0.1) is 17.1 Å². The van der Waals surface area contributed by atoms with Crippen molar-refractivity contribution in [3.8, 4) is 6.07 Å². The highest BCUT2D eigenvalue weighted by atomic mass is 32.1. The summed E-state index contributed by atoms with van der Waals surface area (Å²) in [6.07, 6.45) is 1.45. The van der Waals surface area contributed by atoms with Gasteiger partial charge in [0, 0.05) is 30.3 Å². The first-order chi connectivity index (χ1) is 15.0. The first-order valence-corrected chi connectivity index (χ1v) is 10.5. The predicted octanol–water partition coefficient (Wildman–Crippen LogP) is 3.82. The summed E-state index contributed by atoms with van der Waals surface area (Å²) in [6, 6.07) is 14.3. The molecule has 7 nitrogen and oxygen atoms in total. The van der Waals surface area contributed by atoms with Gasteiger partial charge >= 0.3 is 0 Å². The molecule has 3 aromatic rings. The summed E-state index contributed by atoms with van der Waals surface area (Å²) in [5.41, 5.74) is 1.44. The van der Waals surface area contributed by atoms with E-state index in [0.717, 1.165) is 17.8 Å². The van der Waals surface area contributed by atoms with Gasteiger partial charge in [0.15, 0.2) is 0 Å². The molecule has 1 fully saturated rings. The molecule has 0 saturated carbocycles. The van der Waals surface area contributed by atoms with E-state index in [0.29, 0.717) is 29.9 Å². The van der Waals surface area contributed by atoms with Crippen molar-refractivity contribution in [3.63, 3.8) is 0 Å². The zero-order chi connectivity index (χ0) is 21.8. The molecule has 4 rings (SSSR count). The Labute approximate surface area is 182 Å². The van der Waals surface area contributed by atoms with Crippen LogP contribution in [0.25, 0.3) is 0 Å². The molecule has 2 heterocycles. The molecule has 1 N–H and O–H groups in total. The Morgan fingerprint density at radius 1 is 1.13 bits per heavy atom. The molecule has 0 bridgehead atoms. The maximum absolute atomic E-state index is 13.3. The second-order valence-electron chi connectivity index (χ2n) is 7.17. The van der Waals surface area contributed by atoms with Gasteiger partial charge in [0.05, 0.1) is 11.6 Å². The highest BCUT2D eigenvalue weighted by Crippen LogP contribution is 2.31. The third kappa shape index (κ3) is 4.75. The summed E-state index contributed by atoms with van der Waals surface area (Å²) in [5, 5.41) is 20.6. The fourth-order valence-electron chi connectivity index (χ4n) is 3.44. The molecule has 2 amide bonds. The Hall–Kier alpha value is -3.64. The topological polar surface area (TPSA) is 99.0 Å². The molecule has 0 atom stereocenters. The number of carbonyl (C=O) groups excluding carboxylic acids is 2. The van der Waals surface area contributed by atoms with Gasteiger partial charge in [-0.3, -0.25) is 9.59 Å². The first-order valence-electron chi connectivity index (χ1n) is 9.73. The van der Waals surface area contributed by atoms with Crippen LogP contribution in [0.1, 0.15) is 49.5 Å². The number of carbonyl (C=O) groups is 2. The van der Waals surface area contributed by atoms with Gasteiger partial charge in [0.1, 0.15) is 10.8 Å². The van der Waals surface area contributed by atoms with E-state index in [9.17, 15) is 14.0 Å². The van der Waals surface area contributed by atoms with E-state index in [2.05, 4.69) is 15.5 Å². The molecule has 1 saturated heterocycles. The molecular formula is C22H18FN5O2S. The summed E-state index contributed by atoms with van der Waals surface area (Å²) in [6.45, 7) is 1.15. The molecule has 0 aliphatic carbocycles. The number of nitrogens with zero attached hydrogens (tertiary/aromatic N) is 4. The standard InChI is InChI=1S/C22H18FN5O2S/c23-17-2-1-3-18(12-17)25-19(29)21-27-26-20(31-21)15-8-10-28(11-9-15)22(30)16-6-4-14(13-24)5-7-16/h1-7,12,15H,8-11H2,(H,25,29). The summed E-state index contributed by atoms with van der Waals surface area (Å²) in [5.74, 6) is -0.797. The number of rotatable bonds is 4. The second kappa shape index (κ2) is 9.02. The third-order valence-corrected chi connectivity index (χ3v) is 6.19. The summed E-state index contributed by atoms with van der Waals surface area (Å²) >= 11 is 1.22. The zero-order valence-corrected chi connectivity index (χ0v) is 17.2. The van der Waals surface area contributed by atoms with Crippen LogP contribution >= 0.6 is 11.3 Å². The number of nitrogens with one attached hydrogen (secondary N) is 1. The Balaban J connectivity index is 1.35. The number of aromatic nitrogens is 2. The van der Waals surface area contributed by atoms with Crippen molar-refractivity contribution in [2.45, 2.75) is 18.8 Å². The Morgan fingerprint density at radius 2 is 1.87 bits per heavy atom. The Morgan fingerprint density at radius 3 is 2.55 bits per heavy atom. The largest absolute Gasteiger partial charge is 0.339 e. The van der Waals surface area contributed by atoms with E-state index in [1.807, 2.05) is 6.07 Å². The van der Waals surface area contributed by atoms with Gasteiger partial charge in [-0.25, -0.2) is 4.39 Å². The predicted molar refractivity (Wildman–Crippen MR) is 113 cm³/mol. The van der Waals surface area contributed by atoms with Crippen LogP contribution in [0.15, 0.2) is 48.5 Å². The second-order valence-corrected chi connectivity index (χ2v) is 8.17. The van der Waals surface area contributed by atoms with Crippen LogP contribution in [0.4, 0.5) is 10.1 Å². The number of benzene rings is 2. The molecule has 0 unspecified atom stereocenters. The van der Waals surface area contributed by atoms with Crippen molar-refractivity contribution < 1.29 is 14.0 Å². The number of amides is 2. The normalized spacial score (nSPS) is 14.1. The lowest BCUT2D eigenvalue weighted by Gasteiger charge is -2.31. The number of halogens is 1. The Bertz CT molecular complexity index is 1150. The van der Waals surface area contributed by atoms with Crippen molar-refractivity contribution in [2.75, 3.05) is 18.4 Å². The van der Waals surface area contributed by atoms with Gasteiger partial charge in [-0.05, 0) is 55.3 Å². The lowest BCUT2D eigenvalue weighted by molar-refractivity contribution is 0.0712. The highest BCUT2D eigenvalue weighted by Gasteiger charge is 2.27. The van der Waals surface area contributed by atoms with E-state index >= 15 is 0 Å². The first kappa shape index (κ1) is 20.6. The number of nitriles is 1. The number of piperidine rings is 1. The number of anilines is 1. The van der Waals surface area contributed by atoms with Crippen molar-refractivity contribution in [1.82, 2.24) is 15.1 Å². The van der Waals surface area contributed by atoms with Gasteiger partial charge in [0.2, 0.25) is 5.01 Å². The maximum atomic E-state index is 13.3. The van der Waals surface area contributed by atoms with E-state index < -0.39 is 11.7 Å². The molecular weight excluding hydrogens is 417 g/mol. The van der Waals surface area contributed by atoms with Gasteiger partial charge in [-0.1, -0.05) is 17.4 Å². The van der Waals surface area contributed by atoms with E-state index in [1.165, 1.54) is 29.5 Å². The van der Waals surface area contributed by atoms with Crippen molar-refractivity contribution >= 4 is 28.8 Å². The van der Waals surface area contributed by atoms with Crippen LogP contribution in [-0.2, 0) is 0 Å². The highest BCUT2D eigenvalue weighted by molar-refractivity contribution is 7.13.